The molecule has 1 heterocycles. The van der Waals surface area contributed by atoms with E-state index in [0.29, 0.717) is 4.34 Å². The molecule has 0 fully saturated rings. The zero-order valence-corrected chi connectivity index (χ0v) is 6.44. The van der Waals surface area contributed by atoms with Crippen molar-refractivity contribution in [2.45, 2.75) is 4.34 Å². The van der Waals surface area contributed by atoms with Crippen LogP contribution < -0.4 is 0 Å². The summed E-state index contributed by atoms with van der Waals surface area (Å²) < 4.78 is 1.68. The fourth-order valence-electron chi connectivity index (χ4n) is 0.240. The Labute approximate surface area is 59.3 Å². The Hall–Kier alpha value is 0.330. The average Bonchev–Trinajstić information content (AvgIpc) is 1.87. The topological polar surface area (TPSA) is 12.9 Å². The van der Waals surface area contributed by atoms with Gasteiger partial charge >= 0.3 is 0 Å². The molecule has 0 saturated carbocycles. The van der Waals surface area contributed by atoms with Gasteiger partial charge < -0.3 is 24.0 Å². The molecule has 0 radical (unpaired) electrons. The second-order valence-electron chi connectivity index (χ2n) is 0.930. The fourth-order valence-corrected chi connectivity index (χ4v) is 1.82. The third-order valence-corrected chi connectivity index (χ3v) is 2.08. The van der Waals surface area contributed by atoms with Crippen LogP contribution in [0.1, 0.15) is 0 Å². The molecule has 0 aromatic carbocycles. The van der Waals surface area contributed by atoms with Crippen LogP contribution in [0.2, 0.25) is 0 Å². The monoisotopic (exact) mass is 194 g/mol. The number of thiazole rings is 1. The molecule has 1 nitrogen and oxygen atoms in total. The van der Waals surface area contributed by atoms with E-state index in [9.17, 15) is 0 Å². The number of aromatic nitrogens is 1. The van der Waals surface area contributed by atoms with E-state index in [4.69, 9.17) is 12.6 Å². The van der Waals surface area contributed by atoms with Crippen LogP contribution in [0.3, 0.4) is 0 Å². The summed E-state index contributed by atoms with van der Waals surface area (Å²) in [5.41, 5.74) is 0. The smallest absolute Gasteiger partial charge is 0.0307 e. The molecule has 1 aromatic heterocycles. The number of hydrogen-bond acceptors (Lipinski definition) is 3. The summed E-state index contributed by atoms with van der Waals surface area (Å²) in [6.45, 7) is 0. The minimum absolute atomic E-state index is 0.687. The van der Waals surface area contributed by atoms with Crippen molar-refractivity contribution in [3.63, 3.8) is 0 Å². The zero-order valence-electron chi connectivity index (χ0n) is 3.22. The van der Waals surface area contributed by atoms with Gasteiger partial charge in [-0.15, -0.1) is 0 Å². The van der Waals surface area contributed by atoms with Crippen LogP contribution in [0.15, 0.2) is 14.3 Å². The van der Waals surface area contributed by atoms with Gasteiger partial charge in [-0.3, -0.25) is 4.98 Å². The zero-order chi connectivity index (χ0) is 5.28. The van der Waals surface area contributed by atoms with Gasteiger partial charge in [-0.2, -0.15) is 0 Å². The molecule has 0 aliphatic carbocycles. The highest BCUT2D eigenvalue weighted by molar-refractivity contribution is 9.11. The van der Waals surface area contributed by atoms with E-state index < -0.39 is 0 Å². The molecule has 1 aromatic rings. The van der Waals surface area contributed by atoms with Crippen molar-refractivity contribution in [3.05, 3.63) is 9.98 Å². The van der Waals surface area contributed by atoms with Gasteiger partial charge in [-0.1, -0.05) is 15.9 Å². The molecule has 1 rings (SSSR count). The van der Waals surface area contributed by atoms with Gasteiger partial charge in [0.1, 0.15) is 0 Å². The van der Waals surface area contributed by atoms with E-state index >= 15 is 0 Å². The molecule has 0 atom stereocenters. The van der Waals surface area contributed by atoms with E-state index in [1.165, 1.54) is 11.3 Å². The molecule has 7 heavy (non-hydrogen) atoms. The maximum absolute atomic E-state index is 4.71. The van der Waals surface area contributed by atoms with E-state index in [1.807, 2.05) is 0 Å². The predicted molar refractivity (Wildman–Crippen MR) is 35.4 cm³/mol. The van der Waals surface area contributed by atoms with Gasteiger partial charge in [-0.05, 0) is 8.13 Å². The maximum atomic E-state index is 4.71. The molecule has 0 aliphatic rings. The Morgan fingerprint density at radius 2 is 2.57 bits per heavy atom. The first-order valence-electron chi connectivity index (χ1n) is 1.57. The minimum Gasteiger partial charge on any atom is -0.408 e. The lowest BCUT2D eigenvalue weighted by Gasteiger charge is -1.84. The maximum Gasteiger partial charge on any atom is 0.0307 e. The predicted octanol–water partition coefficient (Wildman–Crippen LogP) is 1.81. The second kappa shape index (κ2) is 2.07. The van der Waals surface area contributed by atoms with Gasteiger partial charge in [0.25, 0.3) is 0 Å². The molecular formula is C3HBrNS2-. The summed E-state index contributed by atoms with van der Waals surface area (Å²) >= 11 is 9.39. The largest absolute Gasteiger partial charge is 0.408 e. The van der Waals surface area contributed by atoms with Gasteiger partial charge in [0.2, 0.25) is 0 Å². The molecule has 0 bridgehead atoms. The number of halogens is 1. The number of nitrogens with zero attached hydrogens (tertiary/aromatic N) is 1. The molecular weight excluding hydrogens is 194 g/mol. The molecule has 0 saturated heterocycles. The van der Waals surface area contributed by atoms with Crippen LogP contribution in [0.5, 0.6) is 0 Å². The Kier molecular flexibility index (Phi) is 1.61. The van der Waals surface area contributed by atoms with Crippen molar-refractivity contribution in [1.82, 2.24) is 4.98 Å². The van der Waals surface area contributed by atoms with Crippen molar-refractivity contribution in [2.75, 3.05) is 0 Å². The van der Waals surface area contributed by atoms with Crippen LogP contribution in [0.4, 0.5) is 0 Å². The standard InChI is InChI=1S/C3H2BrNS2/c4-2-1-5-3(6)7-2/h1H,(H,5,6)/p-1. The lowest BCUT2D eigenvalue weighted by Crippen LogP contribution is -1.56. The lowest BCUT2D eigenvalue weighted by atomic mass is 11.0. The number of rotatable bonds is 0. The molecule has 4 heteroatoms. The first kappa shape index (κ1) is 5.47. The van der Waals surface area contributed by atoms with E-state index in [-0.39, 0.29) is 0 Å². The highest BCUT2D eigenvalue weighted by Gasteiger charge is 1.76. The minimum atomic E-state index is 0.687. The average molecular weight is 195 g/mol. The Morgan fingerprint density at radius 1 is 1.86 bits per heavy atom. The van der Waals surface area contributed by atoms with Gasteiger partial charge in [-0.25, -0.2) is 0 Å². The van der Waals surface area contributed by atoms with Gasteiger partial charge in [0, 0.05) is 6.20 Å². The van der Waals surface area contributed by atoms with E-state index in [2.05, 4.69) is 20.9 Å². The normalized spacial score (nSPS) is 9.29. The van der Waals surface area contributed by atoms with Gasteiger partial charge in [0.15, 0.2) is 0 Å². The van der Waals surface area contributed by atoms with Crippen LogP contribution >= 0.6 is 27.3 Å². The van der Waals surface area contributed by atoms with Crippen LogP contribution in [0.25, 0.3) is 0 Å². The molecule has 0 spiro atoms. The second-order valence-corrected chi connectivity index (χ2v) is 3.99. The van der Waals surface area contributed by atoms with E-state index in [1.54, 1.807) is 6.20 Å². The molecule has 0 amide bonds. The Morgan fingerprint density at radius 3 is 2.71 bits per heavy atom. The van der Waals surface area contributed by atoms with Crippen molar-refractivity contribution < 1.29 is 0 Å². The summed E-state index contributed by atoms with van der Waals surface area (Å²) in [7, 11) is 0. The third-order valence-electron chi connectivity index (χ3n) is 0.456. The summed E-state index contributed by atoms with van der Waals surface area (Å²) in [5.74, 6) is 0. The van der Waals surface area contributed by atoms with Crippen molar-refractivity contribution in [2.24, 2.45) is 0 Å². The van der Waals surface area contributed by atoms with Crippen molar-refractivity contribution in [3.8, 4) is 0 Å². The first-order chi connectivity index (χ1) is 3.29. The quantitative estimate of drug-likeness (QED) is 0.585. The van der Waals surface area contributed by atoms with E-state index in [0.717, 1.165) is 3.79 Å². The number of hydrogen-bond donors (Lipinski definition) is 0. The molecule has 0 unspecified atom stereocenters. The highest BCUT2D eigenvalue weighted by atomic mass is 79.9. The molecule has 38 valence electrons. The molecule has 0 aliphatic heterocycles. The Balaban J connectivity index is 3.04. The van der Waals surface area contributed by atoms with Crippen molar-refractivity contribution >= 4 is 39.9 Å². The lowest BCUT2D eigenvalue weighted by molar-refractivity contribution is 1.26. The van der Waals surface area contributed by atoms with Crippen LogP contribution in [-0.4, -0.2) is 4.98 Å². The fraction of sp³-hybridized carbons (Fsp3) is 0. The third kappa shape index (κ3) is 1.36. The van der Waals surface area contributed by atoms with Crippen molar-refractivity contribution in [1.29, 1.82) is 0 Å². The molecule has 0 N–H and O–H groups in total. The summed E-state index contributed by atoms with van der Waals surface area (Å²) in [4.78, 5) is 3.80. The summed E-state index contributed by atoms with van der Waals surface area (Å²) in [6, 6.07) is 0. The van der Waals surface area contributed by atoms with Crippen LogP contribution in [0, 0.1) is 0 Å². The first-order valence-corrected chi connectivity index (χ1v) is 3.59. The summed E-state index contributed by atoms with van der Waals surface area (Å²) in [6.07, 6.45) is 1.70. The van der Waals surface area contributed by atoms with Gasteiger partial charge in [0.05, 0.1) is 0 Å². The Bertz CT molecular complexity index is 145. The van der Waals surface area contributed by atoms with Crippen LogP contribution in [-0.2, 0) is 12.6 Å². The SMILES string of the molecule is [S-]c1ncc(Br)s1. The summed E-state index contributed by atoms with van der Waals surface area (Å²) in [5, 5.41) is 0. The highest BCUT2D eigenvalue weighted by Crippen LogP contribution is 2.17.